The summed E-state index contributed by atoms with van der Waals surface area (Å²) >= 11 is 0. The fourth-order valence-electron chi connectivity index (χ4n) is 3.78. The van der Waals surface area contributed by atoms with E-state index >= 15 is 0 Å². The summed E-state index contributed by atoms with van der Waals surface area (Å²) in [7, 11) is 7.83. The van der Waals surface area contributed by atoms with E-state index in [9.17, 15) is 5.11 Å². The molecule has 31 heavy (non-hydrogen) atoms. The minimum Gasteiger partial charge on any atom is -0.497 e. The third-order valence-electron chi connectivity index (χ3n) is 5.75. The highest BCUT2D eigenvalue weighted by Crippen LogP contribution is 2.26. The van der Waals surface area contributed by atoms with Crippen LogP contribution in [0.25, 0.3) is 0 Å². The van der Waals surface area contributed by atoms with Crippen molar-refractivity contribution in [1.29, 1.82) is 0 Å². The average molecular weight is 432 g/mol. The molecule has 2 heterocycles. The van der Waals surface area contributed by atoms with Crippen molar-refractivity contribution in [3.63, 3.8) is 0 Å². The van der Waals surface area contributed by atoms with Crippen LogP contribution < -0.4 is 9.47 Å². The molecule has 1 fully saturated rings. The normalized spacial score (nSPS) is 16.6. The number of likely N-dealkylation sites (N-methyl/N-ethyl adjacent to an activating group) is 2. The zero-order chi connectivity index (χ0) is 22.2. The number of rotatable bonds is 11. The molecule has 1 aromatic carbocycles. The molecule has 0 aliphatic carbocycles. The van der Waals surface area contributed by atoms with E-state index in [0.29, 0.717) is 6.54 Å². The Balaban J connectivity index is 1.53. The molecule has 0 amide bonds. The van der Waals surface area contributed by atoms with E-state index < -0.39 is 6.10 Å². The Bertz CT molecular complexity index is 804. The summed E-state index contributed by atoms with van der Waals surface area (Å²) < 4.78 is 13.3. The van der Waals surface area contributed by atoms with E-state index in [1.54, 1.807) is 7.11 Å². The first-order valence-electron chi connectivity index (χ1n) is 11.0. The molecule has 8 nitrogen and oxygen atoms in total. The molecule has 172 valence electrons. The zero-order valence-electron chi connectivity index (χ0n) is 19.3. The molecule has 0 saturated carbocycles. The topological polar surface area (TPSA) is 66.2 Å². The number of hydrogen-bond donors (Lipinski definition) is 1. The Kier molecular flexibility index (Phi) is 8.71. The molecule has 1 unspecified atom stereocenters. The number of piperazine rings is 1. The van der Waals surface area contributed by atoms with Crippen LogP contribution in [0.15, 0.2) is 30.6 Å². The smallest absolute Gasteiger partial charge is 0.127 e. The van der Waals surface area contributed by atoms with Gasteiger partial charge in [-0.2, -0.15) is 5.10 Å². The van der Waals surface area contributed by atoms with Crippen LogP contribution in [0.4, 0.5) is 0 Å². The average Bonchev–Trinajstić information content (AvgIpc) is 3.18. The maximum absolute atomic E-state index is 10.5. The van der Waals surface area contributed by atoms with Gasteiger partial charge in [0.05, 0.1) is 13.3 Å². The Morgan fingerprint density at radius 1 is 1.19 bits per heavy atom. The lowest BCUT2D eigenvalue weighted by Gasteiger charge is -2.33. The van der Waals surface area contributed by atoms with Gasteiger partial charge in [0.15, 0.2) is 0 Å². The quantitative estimate of drug-likeness (QED) is 0.571. The van der Waals surface area contributed by atoms with Crippen LogP contribution >= 0.6 is 0 Å². The molecular weight excluding hydrogens is 394 g/mol. The molecule has 1 atom stereocenters. The van der Waals surface area contributed by atoms with Gasteiger partial charge >= 0.3 is 0 Å². The lowest BCUT2D eigenvalue weighted by Crippen LogP contribution is -2.47. The maximum Gasteiger partial charge on any atom is 0.127 e. The fraction of sp³-hybridized carbons (Fsp3) is 0.609. The summed E-state index contributed by atoms with van der Waals surface area (Å²) in [6.07, 6.45) is 4.39. The first kappa shape index (κ1) is 23.5. The largest absolute Gasteiger partial charge is 0.497 e. The number of methoxy groups -OCH3 is 1. The Morgan fingerprint density at radius 3 is 2.65 bits per heavy atom. The molecule has 1 N–H and O–H groups in total. The summed E-state index contributed by atoms with van der Waals surface area (Å²) in [4.78, 5) is 6.88. The van der Waals surface area contributed by atoms with Gasteiger partial charge in [-0.05, 0) is 32.1 Å². The van der Waals surface area contributed by atoms with Crippen molar-refractivity contribution >= 4 is 0 Å². The summed E-state index contributed by atoms with van der Waals surface area (Å²) in [6, 6.07) is 5.91. The van der Waals surface area contributed by atoms with Gasteiger partial charge in [-0.15, -0.1) is 0 Å². The molecule has 1 saturated heterocycles. The Morgan fingerprint density at radius 2 is 1.97 bits per heavy atom. The third-order valence-corrected chi connectivity index (χ3v) is 5.75. The van der Waals surface area contributed by atoms with E-state index in [2.05, 4.69) is 40.1 Å². The van der Waals surface area contributed by atoms with Crippen LogP contribution in [0.5, 0.6) is 11.5 Å². The van der Waals surface area contributed by atoms with Crippen LogP contribution in [0, 0.1) is 0 Å². The van der Waals surface area contributed by atoms with E-state index in [1.807, 2.05) is 36.1 Å². The number of nitrogens with zero attached hydrogens (tertiary/aromatic N) is 5. The van der Waals surface area contributed by atoms with Crippen LogP contribution in [-0.2, 0) is 20.0 Å². The molecule has 1 aliphatic heterocycles. The maximum atomic E-state index is 10.5. The first-order valence-corrected chi connectivity index (χ1v) is 11.0. The van der Waals surface area contributed by atoms with Crippen molar-refractivity contribution in [2.75, 3.05) is 67.1 Å². The van der Waals surface area contributed by atoms with Gasteiger partial charge < -0.3 is 24.4 Å². The monoisotopic (exact) mass is 431 g/mol. The second kappa shape index (κ2) is 11.5. The minimum absolute atomic E-state index is 0.270. The predicted molar refractivity (Wildman–Crippen MR) is 122 cm³/mol. The number of aryl methyl sites for hydroxylation is 1. The first-order chi connectivity index (χ1) is 14.9. The van der Waals surface area contributed by atoms with Gasteiger partial charge in [0.1, 0.15) is 24.2 Å². The predicted octanol–water partition coefficient (Wildman–Crippen LogP) is 1.09. The summed E-state index contributed by atoms with van der Waals surface area (Å²) in [5.74, 6) is 1.52. The van der Waals surface area contributed by atoms with Gasteiger partial charge in [-0.3, -0.25) is 9.58 Å². The summed E-state index contributed by atoms with van der Waals surface area (Å²) in [5.41, 5.74) is 2.31. The lowest BCUT2D eigenvalue weighted by molar-refractivity contribution is 0.0500. The van der Waals surface area contributed by atoms with Gasteiger partial charge in [0.25, 0.3) is 0 Å². The molecule has 1 aliphatic rings. The van der Waals surface area contributed by atoms with Crippen molar-refractivity contribution in [2.24, 2.45) is 7.05 Å². The van der Waals surface area contributed by atoms with Gasteiger partial charge in [-0.25, -0.2) is 0 Å². The van der Waals surface area contributed by atoms with Gasteiger partial charge in [0.2, 0.25) is 0 Å². The molecular formula is C23H37N5O3. The van der Waals surface area contributed by atoms with E-state index in [4.69, 9.17) is 9.47 Å². The zero-order valence-corrected chi connectivity index (χ0v) is 19.3. The summed E-state index contributed by atoms with van der Waals surface area (Å²) in [6.45, 7) is 6.64. The van der Waals surface area contributed by atoms with E-state index in [1.165, 1.54) is 5.56 Å². The van der Waals surface area contributed by atoms with Gasteiger partial charge in [-0.1, -0.05) is 6.07 Å². The second-order valence-corrected chi connectivity index (χ2v) is 8.55. The van der Waals surface area contributed by atoms with E-state index in [-0.39, 0.29) is 6.61 Å². The Labute approximate surface area is 185 Å². The standard InChI is InChI=1S/C23H37N5O3/c1-25-9-11-28(12-10-25)17-21(29)18-31-23-13-22(30-4)6-5-20(23)16-26(2)8-7-19-14-24-27(3)15-19/h5-6,13-15,21,29H,7-12,16-18H2,1-4H3. The van der Waals surface area contributed by atoms with Crippen LogP contribution in [0.2, 0.25) is 0 Å². The molecule has 0 spiro atoms. The van der Waals surface area contributed by atoms with Crippen molar-refractivity contribution < 1.29 is 14.6 Å². The summed E-state index contributed by atoms with van der Waals surface area (Å²) in [5, 5.41) is 14.7. The SMILES string of the molecule is COc1ccc(CN(C)CCc2cnn(C)c2)c(OCC(O)CN2CCN(C)CC2)c1. The highest BCUT2D eigenvalue weighted by atomic mass is 16.5. The highest BCUT2D eigenvalue weighted by Gasteiger charge is 2.18. The molecule has 2 aromatic rings. The van der Waals surface area contributed by atoms with E-state index in [0.717, 1.165) is 62.8 Å². The van der Waals surface area contributed by atoms with Crippen molar-refractivity contribution in [3.8, 4) is 11.5 Å². The number of β-amino-alcohol motifs (C(OH)–C–C–N with tert-alkyl or cyclic N) is 1. The van der Waals surface area contributed by atoms with Crippen LogP contribution in [0.1, 0.15) is 11.1 Å². The number of aliphatic hydroxyl groups is 1. The molecule has 1 aromatic heterocycles. The fourth-order valence-corrected chi connectivity index (χ4v) is 3.78. The van der Waals surface area contributed by atoms with Crippen molar-refractivity contribution in [3.05, 3.63) is 41.7 Å². The number of aromatic nitrogens is 2. The highest BCUT2D eigenvalue weighted by molar-refractivity contribution is 5.40. The number of aliphatic hydroxyl groups excluding tert-OH is 1. The van der Waals surface area contributed by atoms with Gasteiger partial charge in [0, 0.05) is 70.7 Å². The van der Waals surface area contributed by atoms with Crippen molar-refractivity contribution in [2.45, 2.75) is 19.1 Å². The minimum atomic E-state index is -0.522. The van der Waals surface area contributed by atoms with Crippen LogP contribution in [0.3, 0.4) is 0 Å². The van der Waals surface area contributed by atoms with Crippen molar-refractivity contribution in [1.82, 2.24) is 24.5 Å². The molecule has 0 radical (unpaired) electrons. The number of benzene rings is 1. The number of ether oxygens (including phenoxy) is 2. The third kappa shape index (κ3) is 7.50. The molecule has 3 rings (SSSR count). The number of hydrogen-bond acceptors (Lipinski definition) is 7. The molecule has 8 heteroatoms. The molecule has 0 bridgehead atoms. The lowest BCUT2D eigenvalue weighted by atomic mass is 10.1. The second-order valence-electron chi connectivity index (χ2n) is 8.55. The Hall–Kier alpha value is -2.13. The van der Waals surface area contributed by atoms with Crippen LogP contribution in [-0.4, -0.2) is 103 Å².